The molecular weight excluding hydrogens is 136 g/mol. The number of hydrogen-bond acceptors (Lipinski definition) is 1. The van der Waals surface area contributed by atoms with E-state index in [1.165, 1.54) is 0 Å². The second kappa shape index (κ2) is 6.14. The molecule has 0 aromatic rings. The molecule has 0 aliphatic heterocycles. The maximum absolute atomic E-state index is 11.0. The summed E-state index contributed by atoms with van der Waals surface area (Å²) in [6.45, 7) is 5.86. The van der Waals surface area contributed by atoms with Crippen molar-refractivity contribution in [3.63, 3.8) is 0 Å². The van der Waals surface area contributed by atoms with Crippen molar-refractivity contribution in [2.45, 2.75) is 46.5 Å². The van der Waals surface area contributed by atoms with Gasteiger partial charge in [-0.1, -0.05) is 26.3 Å². The average molecular weight is 154 g/mol. The summed E-state index contributed by atoms with van der Waals surface area (Å²) in [6.07, 6.45) is 6.26. The highest BCUT2D eigenvalue weighted by Gasteiger charge is 2.00. The van der Waals surface area contributed by atoms with E-state index >= 15 is 0 Å². The Hall–Kier alpha value is -0.590. The minimum atomic E-state index is 0.236. The predicted molar refractivity (Wildman–Crippen MR) is 48.6 cm³/mol. The molecule has 0 atom stereocenters. The van der Waals surface area contributed by atoms with Crippen molar-refractivity contribution < 1.29 is 4.79 Å². The van der Waals surface area contributed by atoms with Gasteiger partial charge in [0.2, 0.25) is 0 Å². The van der Waals surface area contributed by atoms with Crippen LogP contribution in [0.4, 0.5) is 0 Å². The van der Waals surface area contributed by atoms with Gasteiger partial charge >= 0.3 is 0 Å². The lowest BCUT2D eigenvalue weighted by molar-refractivity contribution is -0.113. The molecule has 1 heteroatoms. The minimum Gasteiger partial charge on any atom is -0.295 e. The third-order valence-corrected chi connectivity index (χ3v) is 1.70. The number of carbonyl (C=O) groups excluding carboxylic acids is 1. The summed E-state index contributed by atoms with van der Waals surface area (Å²) in [4.78, 5) is 11.0. The molecule has 11 heavy (non-hydrogen) atoms. The molecule has 1 nitrogen and oxygen atoms in total. The Labute approximate surface area is 69.5 Å². The van der Waals surface area contributed by atoms with Gasteiger partial charge in [0.15, 0.2) is 5.78 Å². The van der Waals surface area contributed by atoms with Crippen LogP contribution < -0.4 is 0 Å². The first kappa shape index (κ1) is 10.4. The molecule has 0 saturated heterocycles. The molecule has 0 spiro atoms. The number of unbranched alkanes of at least 4 members (excludes halogenated alkanes) is 1. The van der Waals surface area contributed by atoms with E-state index in [0.717, 1.165) is 31.3 Å². The van der Waals surface area contributed by atoms with E-state index < -0.39 is 0 Å². The van der Waals surface area contributed by atoms with Crippen LogP contribution in [0.15, 0.2) is 11.6 Å². The highest BCUT2D eigenvalue weighted by Crippen LogP contribution is 2.08. The molecule has 0 unspecified atom stereocenters. The van der Waals surface area contributed by atoms with Crippen molar-refractivity contribution in [1.29, 1.82) is 0 Å². The van der Waals surface area contributed by atoms with Crippen LogP contribution in [0, 0.1) is 0 Å². The van der Waals surface area contributed by atoms with E-state index in [0.29, 0.717) is 0 Å². The Morgan fingerprint density at radius 3 is 2.36 bits per heavy atom. The molecule has 0 rings (SSSR count). The van der Waals surface area contributed by atoms with E-state index in [9.17, 15) is 4.79 Å². The van der Waals surface area contributed by atoms with Crippen molar-refractivity contribution in [3.05, 3.63) is 11.6 Å². The molecule has 0 aliphatic carbocycles. The van der Waals surface area contributed by atoms with Crippen molar-refractivity contribution in [3.8, 4) is 0 Å². The lowest BCUT2D eigenvalue weighted by atomic mass is 10.0. The zero-order valence-corrected chi connectivity index (χ0v) is 7.81. The second-order valence-corrected chi connectivity index (χ2v) is 2.80. The van der Waals surface area contributed by atoms with Crippen molar-refractivity contribution in [1.82, 2.24) is 0 Å². The van der Waals surface area contributed by atoms with Gasteiger partial charge < -0.3 is 0 Å². The molecule has 0 aliphatic rings. The van der Waals surface area contributed by atoms with E-state index in [1.54, 1.807) is 6.92 Å². The number of rotatable bonds is 5. The van der Waals surface area contributed by atoms with Crippen LogP contribution in [0.2, 0.25) is 0 Å². The third-order valence-electron chi connectivity index (χ3n) is 1.70. The smallest absolute Gasteiger partial charge is 0.155 e. The zero-order chi connectivity index (χ0) is 8.69. The first-order valence-electron chi connectivity index (χ1n) is 4.42. The SMILES string of the molecule is CC/C=C(/CCCC)C(C)=O. The molecule has 0 saturated carbocycles. The molecule has 0 amide bonds. The third kappa shape index (κ3) is 4.77. The van der Waals surface area contributed by atoms with Crippen LogP contribution in [0.25, 0.3) is 0 Å². The monoisotopic (exact) mass is 154 g/mol. The van der Waals surface area contributed by atoms with Gasteiger partial charge in [0.05, 0.1) is 0 Å². The Kier molecular flexibility index (Phi) is 5.81. The quantitative estimate of drug-likeness (QED) is 0.556. The highest BCUT2D eigenvalue weighted by atomic mass is 16.1. The van der Waals surface area contributed by atoms with Crippen molar-refractivity contribution in [2.75, 3.05) is 0 Å². The lowest BCUT2D eigenvalue weighted by Gasteiger charge is -2.00. The lowest BCUT2D eigenvalue weighted by Crippen LogP contribution is -1.96. The normalized spacial score (nSPS) is 11.7. The zero-order valence-electron chi connectivity index (χ0n) is 7.81. The molecule has 0 radical (unpaired) electrons. The Morgan fingerprint density at radius 2 is 2.00 bits per heavy atom. The van der Waals surface area contributed by atoms with Gasteiger partial charge in [0.25, 0.3) is 0 Å². The Morgan fingerprint density at radius 1 is 1.36 bits per heavy atom. The molecule has 0 heterocycles. The predicted octanol–water partition coefficient (Wildman–Crippen LogP) is 3.10. The van der Waals surface area contributed by atoms with Gasteiger partial charge in [-0.25, -0.2) is 0 Å². The van der Waals surface area contributed by atoms with E-state index in [2.05, 4.69) is 13.8 Å². The topological polar surface area (TPSA) is 17.1 Å². The maximum Gasteiger partial charge on any atom is 0.155 e. The van der Waals surface area contributed by atoms with Gasteiger partial charge in [-0.2, -0.15) is 0 Å². The summed E-state index contributed by atoms with van der Waals surface area (Å²) in [6, 6.07) is 0. The van der Waals surface area contributed by atoms with Gasteiger partial charge in [0, 0.05) is 0 Å². The van der Waals surface area contributed by atoms with Crippen LogP contribution >= 0.6 is 0 Å². The maximum atomic E-state index is 11.0. The summed E-state index contributed by atoms with van der Waals surface area (Å²) in [5, 5.41) is 0. The number of Topliss-reactive ketones (excluding diaryl/α,β-unsaturated/α-hetero) is 1. The summed E-state index contributed by atoms with van der Waals surface area (Å²) < 4.78 is 0. The highest BCUT2D eigenvalue weighted by molar-refractivity contribution is 5.93. The van der Waals surface area contributed by atoms with E-state index in [4.69, 9.17) is 0 Å². The first-order valence-corrected chi connectivity index (χ1v) is 4.42. The summed E-state index contributed by atoms with van der Waals surface area (Å²) in [7, 11) is 0. The minimum absolute atomic E-state index is 0.236. The summed E-state index contributed by atoms with van der Waals surface area (Å²) in [5.74, 6) is 0.236. The van der Waals surface area contributed by atoms with Crippen LogP contribution in [-0.2, 0) is 4.79 Å². The van der Waals surface area contributed by atoms with E-state index in [-0.39, 0.29) is 5.78 Å². The fourth-order valence-electron chi connectivity index (χ4n) is 1.04. The number of allylic oxidation sites excluding steroid dienone is 2. The van der Waals surface area contributed by atoms with Crippen molar-refractivity contribution in [2.24, 2.45) is 0 Å². The summed E-state index contributed by atoms with van der Waals surface area (Å²) in [5.41, 5.74) is 1.01. The van der Waals surface area contributed by atoms with Gasteiger partial charge in [0.1, 0.15) is 0 Å². The van der Waals surface area contributed by atoms with Gasteiger partial charge in [-0.3, -0.25) is 4.79 Å². The Bertz CT molecular complexity index is 145. The number of carbonyl (C=O) groups is 1. The number of hydrogen-bond donors (Lipinski definition) is 0. The Balaban J connectivity index is 3.90. The molecule has 0 bridgehead atoms. The van der Waals surface area contributed by atoms with Crippen LogP contribution in [-0.4, -0.2) is 5.78 Å². The second-order valence-electron chi connectivity index (χ2n) is 2.80. The summed E-state index contributed by atoms with van der Waals surface area (Å²) >= 11 is 0. The first-order chi connectivity index (χ1) is 5.22. The van der Waals surface area contributed by atoms with Crippen molar-refractivity contribution >= 4 is 5.78 Å². The fraction of sp³-hybridized carbons (Fsp3) is 0.700. The molecule has 0 fully saturated rings. The number of ketones is 1. The molecular formula is C10H18O. The van der Waals surface area contributed by atoms with Crippen LogP contribution in [0.3, 0.4) is 0 Å². The molecule has 0 N–H and O–H groups in total. The average Bonchev–Trinajstić information content (AvgIpc) is 1.97. The molecule has 0 aromatic carbocycles. The van der Waals surface area contributed by atoms with Crippen LogP contribution in [0.5, 0.6) is 0 Å². The largest absolute Gasteiger partial charge is 0.295 e. The van der Waals surface area contributed by atoms with E-state index in [1.807, 2.05) is 6.08 Å². The fourth-order valence-corrected chi connectivity index (χ4v) is 1.04. The molecule has 0 aromatic heterocycles. The standard InChI is InChI=1S/C10H18O/c1-4-6-8-10(7-5-2)9(3)11/h7H,4-6,8H2,1-3H3/b10-7-. The van der Waals surface area contributed by atoms with Gasteiger partial charge in [-0.15, -0.1) is 0 Å². The molecule has 64 valence electrons. The van der Waals surface area contributed by atoms with Crippen LogP contribution in [0.1, 0.15) is 46.5 Å². The van der Waals surface area contributed by atoms with Gasteiger partial charge in [-0.05, 0) is 31.8 Å².